The van der Waals surface area contributed by atoms with Crippen molar-refractivity contribution in [2.24, 2.45) is 0 Å². The lowest BCUT2D eigenvalue weighted by Gasteiger charge is -2.09. The highest BCUT2D eigenvalue weighted by Gasteiger charge is 2.13. The maximum absolute atomic E-state index is 12.0. The summed E-state index contributed by atoms with van der Waals surface area (Å²) < 4.78 is 13.0. The molecule has 3 rings (SSSR count). The molecule has 0 amide bonds. The van der Waals surface area contributed by atoms with Gasteiger partial charge in [-0.15, -0.1) is 0 Å². The molecule has 3 aromatic rings. The summed E-state index contributed by atoms with van der Waals surface area (Å²) in [4.78, 5) is 16.6. The molecule has 136 valence electrons. The summed E-state index contributed by atoms with van der Waals surface area (Å²) in [5.74, 6) is 2.48. The largest absolute Gasteiger partial charge is 0.497 e. The van der Waals surface area contributed by atoms with Gasteiger partial charge in [-0.05, 0) is 24.3 Å². The van der Waals surface area contributed by atoms with E-state index in [1.54, 1.807) is 18.9 Å². The standard InChI is InChI=1S/C20H22N2O3S/c1-3-15(23)14-22-19-10-5-4-9-18(19)21-20(22)26-12-11-25-17-8-6-7-16(13-17)24-2/h4-10,13H,3,11-12,14H2,1-2H3. The van der Waals surface area contributed by atoms with Gasteiger partial charge in [-0.3, -0.25) is 4.79 Å². The molecule has 5 nitrogen and oxygen atoms in total. The Morgan fingerprint density at radius 1 is 1.15 bits per heavy atom. The molecule has 0 N–H and O–H groups in total. The quantitative estimate of drug-likeness (QED) is 0.417. The zero-order chi connectivity index (χ0) is 18.4. The minimum atomic E-state index is 0.197. The van der Waals surface area contributed by atoms with Gasteiger partial charge in [-0.25, -0.2) is 4.98 Å². The van der Waals surface area contributed by atoms with Gasteiger partial charge < -0.3 is 14.0 Å². The fourth-order valence-corrected chi connectivity index (χ4v) is 3.42. The van der Waals surface area contributed by atoms with E-state index >= 15 is 0 Å². The molecule has 6 heteroatoms. The number of hydrogen-bond acceptors (Lipinski definition) is 5. The second-order valence-corrected chi connectivity index (χ2v) is 6.80. The molecular formula is C20H22N2O3S. The molecule has 0 saturated heterocycles. The number of thioether (sulfide) groups is 1. The smallest absolute Gasteiger partial charge is 0.169 e. The number of para-hydroxylation sites is 2. The summed E-state index contributed by atoms with van der Waals surface area (Å²) in [5, 5.41) is 0.849. The fraction of sp³-hybridized carbons (Fsp3) is 0.300. The number of nitrogens with zero attached hydrogens (tertiary/aromatic N) is 2. The van der Waals surface area contributed by atoms with Gasteiger partial charge in [-0.1, -0.05) is 36.9 Å². The Balaban J connectivity index is 1.66. The summed E-state index contributed by atoms with van der Waals surface area (Å²) in [5.41, 5.74) is 1.90. The molecular weight excluding hydrogens is 348 g/mol. The van der Waals surface area contributed by atoms with Crippen molar-refractivity contribution in [2.75, 3.05) is 19.5 Å². The Hall–Kier alpha value is -2.47. The summed E-state index contributed by atoms with van der Waals surface area (Å²) in [6.07, 6.45) is 0.523. The number of ether oxygens (including phenoxy) is 2. The molecule has 1 aromatic heterocycles. The van der Waals surface area contributed by atoms with Crippen LogP contribution in [0.5, 0.6) is 11.5 Å². The van der Waals surface area contributed by atoms with Crippen LogP contribution in [0.25, 0.3) is 11.0 Å². The average Bonchev–Trinajstić information content (AvgIpc) is 3.02. The molecule has 26 heavy (non-hydrogen) atoms. The molecule has 0 unspecified atom stereocenters. The van der Waals surface area contributed by atoms with Crippen LogP contribution in [0, 0.1) is 0 Å². The Labute approximate surface area is 157 Å². The first-order valence-corrected chi connectivity index (χ1v) is 9.56. The predicted molar refractivity (Wildman–Crippen MR) is 104 cm³/mol. The second-order valence-electron chi connectivity index (χ2n) is 5.74. The lowest BCUT2D eigenvalue weighted by molar-refractivity contribution is -0.119. The average molecular weight is 370 g/mol. The van der Waals surface area contributed by atoms with E-state index in [1.165, 1.54) is 0 Å². The third-order valence-corrected chi connectivity index (χ3v) is 4.91. The molecule has 0 atom stereocenters. The molecule has 0 aliphatic heterocycles. The minimum absolute atomic E-state index is 0.197. The van der Waals surface area contributed by atoms with Gasteiger partial charge in [0.25, 0.3) is 0 Å². The van der Waals surface area contributed by atoms with E-state index in [2.05, 4.69) is 4.98 Å². The molecule has 0 saturated carbocycles. The monoisotopic (exact) mass is 370 g/mol. The first-order chi connectivity index (χ1) is 12.7. The normalized spacial score (nSPS) is 10.8. The van der Waals surface area contributed by atoms with E-state index in [0.717, 1.165) is 33.4 Å². The van der Waals surface area contributed by atoms with Crippen LogP contribution in [0.4, 0.5) is 0 Å². The zero-order valence-corrected chi connectivity index (χ0v) is 15.8. The van der Waals surface area contributed by atoms with Crippen LogP contribution in [0.1, 0.15) is 13.3 Å². The van der Waals surface area contributed by atoms with Gasteiger partial charge in [-0.2, -0.15) is 0 Å². The number of ketones is 1. The van der Waals surface area contributed by atoms with E-state index < -0.39 is 0 Å². The highest BCUT2D eigenvalue weighted by Crippen LogP contribution is 2.25. The van der Waals surface area contributed by atoms with E-state index in [4.69, 9.17) is 9.47 Å². The highest BCUT2D eigenvalue weighted by molar-refractivity contribution is 7.99. The van der Waals surface area contributed by atoms with Gasteiger partial charge >= 0.3 is 0 Å². The number of carbonyl (C=O) groups is 1. The zero-order valence-electron chi connectivity index (χ0n) is 15.0. The Kier molecular flexibility index (Phi) is 6.17. The van der Waals surface area contributed by atoms with E-state index in [0.29, 0.717) is 19.6 Å². The third-order valence-electron chi connectivity index (χ3n) is 3.97. The number of rotatable bonds is 9. The third kappa shape index (κ3) is 4.38. The number of carbonyl (C=O) groups excluding carboxylic acids is 1. The van der Waals surface area contributed by atoms with Crippen molar-refractivity contribution in [1.29, 1.82) is 0 Å². The second kappa shape index (κ2) is 8.76. The summed E-state index contributed by atoms with van der Waals surface area (Å²) in [7, 11) is 1.64. The predicted octanol–water partition coefficient (Wildman–Crippen LogP) is 4.20. The van der Waals surface area contributed by atoms with Crippen LogP contribution in [0.2, 0.25) is 0 Å². The van der Waals surface area contributed by atoms with Gasteiger partial charge in [0.2, 0.25) is 0 Å². The maximum atomic E-state index is 12.0. The maximum Gasteiger partial charge on any atom is 0.169 e. The first kappa shape index (κ1) is 18.3. The number of benzene rings is 2. The van der Waals surface area contributed by atoms with Crippen molar-refractivity contribution in [3.05, 3.63) is 48.5 Å². The van der Waals surface area contributed by atoms with Crippen LogP contribution in [0.15, 0.2) is 53.7 Å². The summed E-state index contributed by atoms with van der Waals surface area (Å²) >= 11 is 1.60. The Bertz CT molecular complexity index is 892. The van der Waals surface area contributed by atoms with E-state index in [9.17, 15) is 4.79 Å². The molecule has 1 heterocycles. The lowest BCUT2D eigenvalue weighted by atomic mass is 10.3. The lowest BCUT2D eigenvalue weighted by Crippen LogP contribution is -2.10. The number of hydrogen-bond donors (Lipinski definition) is 0. The SMILES string of the molecule is CCC(=O)Cn1c(SCCOc2cccc(OC)c2)nc2ccccc21. The molecule has 0 fully saturated rings. The van der Waals surface area contributed by atoms with Crippen molar-refractivity contribution in [3.8, 4) is 11.5 Å². The van der Waals surface area contributed by atoms with Gasteiger partial charge in [0.15, 0.2) is 10.9 Å². The van der Waals surface area contributed by atoms with Gasteiger partial charge in [0.05, 0.1) is 31.3 Å². The number of methoxy groups -OCH3 is 1. The van der Waals surface area contributed by atoms with E-state index in [1.807, 2.05) is 60.0 Å². The minimum Gasteiger partial charge on any atom is -0.497 e. The van der Waals surface area contributed by atoms with Crippen LogP contribution in [0.3, 0.4) is 0 Å². The van der Waals surface area contributed by atoms with E-state index in [-0.39, 0.29) is 5.78 Å². The van der Waals surface area contributed by atoms with Crippen LogP contribution < -0.4 is 9.47 Å². The van der Waals surface area contributed by atoms with Crippen LogP contribution in [-0.2, 0) is 11.3 Å². The van der Waals surface area contributed by atoms with Crippen LogP contribution >= 0.6 is 11.8 Å². The molecule has 0 aliphatic carbocycles. The molecule has 0 spiro atoms. The number of imidazole rings is 1. The molecule has 0 aliphatic rings. The summed E-state index contributed by atoms with van der Waals surface area (Å²) in [6, 6.07) is 15.5. The highest BCUT2D eigenvalue weighted by atomic mass is 32.2. The summed E-state index contributed by atoms with van der Waals surface area (Å²) in [6.45, 7) is 2.79. The van der Waals surface area contributed by atoms with Crippen LogP contribution in [-0.4, -0.2) is 34.8 Å². The Morgan fingerprint density at radius 2 is 1.96 bits per heavy atom. The van der Waals surface area contributed by atoms with Crippen molar-refractivity contribution in [3.63, 3.8) is 0 Å². The fourth-order valence-electron chi connectivity index (χ4n) is 2.59. The van der Waals surface area contributed by atoms with Crippen molar-refractivity contribution >= 4 is 28.6 Å². The van der Waals surface area contributed by atoms with Gasteiger partial charge in [0, 0.05) is 18.2 Å². The molecule has 0 radical (unpaired) electrons. The number of aromatic nitrogens is 2. The molecule has 0 bridgehead atoms. The van der Waals surface area contributed by atoms with Gasteiger partial charge in [0.1, 0.15) is 11.5 Å². The first-order valence-electron chi connectivity index (χ1n) is 8.58. The molecule has 2 aromatic carbocycles. The van der Waals surface area contributed by atoms with Crippen molar-refractivity contribution < 1.29 is 14.3 Å². The Morgan fingerprint density at radius 3 is 2.77 bits per heavy atom. The topological polar surface area (TPSA) is 53.4 Å². The van der Waals surface area contributed by atoms with Crippen molar-refractivity contribution in [2.45, 2.75) is 25.0 Å². The van der Waals surface area contributed by atoms with Crippen molar-refractivity contribution in [1.82, 2.24) is 9.55 Å². The number of Topliss-reactive ketones (excluding diaryl/α,β-unsaturated/α-hetero) is 1. The number of fused-ring (bicyclic) bond motifs is 1.